The van der Waals surface area contributed by atoms with Crippen LogP contribution in [0, 0.1) is 11.3 Å². The van der Waals surface area contributed by atoms with Crippen LogP contribution in [0.15, 0.2) is 53.4 Å². The first-order valence-electron chi connectivity index (χ1n) is 7.87. The number of hydrogen-bond acceptors (Lipinski definition) is 4. The van der Waals surface area contributed by atoms with E-state index in [0.717, 1.165) is 11.3 Å². The molecule has 25 heavy (non-hydrogen) atoms. The van der Waals surface area contributed by atoms with Crippen LogP contribution in [0.2, 0.25) is 0 Å². The lowest BCUT2D eigenvalue weighted by molar-refractivity contribution is -0.113. The number of carbonyl (C=O) groups excluding carboxylic acids is 1. The van der Waals surface area contributed by atoms with Gasteiger partial charge in [0.25, 0.3) is 5.91 Å². The van der Waals surface area contributed by atoms with Crippen LogP contribution in [0.3, 0.4) is 0 Å². The zero-order valence-electron chi connectivity index (χ0n) is 13.9. The lowest BCUT2D eigenvalue weighted by Crippen LogP contribution is -2.27. The van der Waals surface area contributed by atoms with Gasteiger partial charge in [-0.3, -0.25) is 9.69 Å². The molecule has 5 heteroatoms. The van der Waals surface area contributed by atoms with Crippen LogP contribution in [0.1, 0.15) is 36.5 Å². The van der Waals surface area contributed by atoms with Crippen molar-refractivity contribution in [2.75, 3.05) is 4.90 Å². The maximum absolute atomic E-state index is 12.8. The van der Waals surface area contributed by atoms with Crippen LogP contribution >= 0.6 is 24.0 Å². The van der Waals surface area contributed by atoms with E-state index in [0.29, 0.717) is 20.7 Å². The maximum Gasteiger partial charge on any atom is 0.270 e. The molecular formula is C20H16N2OS2. The molecule has 1 aliphatic rings. The van der Waals surface area contributed by atoms with Gasteiger partial charge in [0.2, 0.25) is 0 Å². The van der Waals surface area contributed by atoms with E-state index in [-0.39, 0.29) is 5.91 Å². The van der Waals surface area contributed by atoms with Gasteiger partial charge in [0, 0.05) is 0 Å². The summed E-state index contributed by atoms with van der Waals surface area (Å²) in [5.74, 6) is 0.327. The van der Waals surface area contributed by atoms with Gasteiger partial charge < -0.3 is 0 Å². The highest BCUT2D eigenvalue weighted by Crippen LogP contribution is 2.36. The molecule has 0 aliphatic carbocycles. The zero-order chi connectivity index (χ0) is 18.0. The quantitative estimate of drug-likeness (QED) is 0.562. The molecule has 1 saturated heterocycles. The van der Waals surface area contributed by atoms with Gasteiger partial charge in [0.15, 0.2) is 4.32 Å². The van der Waals surface area contributed by atoms with Crippen LogP contribution in [0.4, 0.5) is 5.69 Å². The van der Waals surface area contributed by atoms with Crippen molar-refractivity contribution in [1.82, 2.24) is 0 Å². The fraction of sp³-hybridized carbons (Fsp3) is 0.150. The first kappa shape index (κ1) is 17.4. The summed E-state index contributed by atoms with van der Waals surface area (Å²) in [6.45, 7) is 4.27. The summed E-state index contributed by atoms with van der Waals surface area (Å²) >= 11 is 6.70. The van der Waals surface area contributed by atoms with Crippen LogP contribution in [-0.4, -0.2) is 10.2 Å². The monoisotopic (exact) mass is 364 g/mol. The van der Waals surface area contributed by atoms with Gasteiger partial charge in [-0.1, -0.05) is 62.1 Å². The summed E-state index contributed by atoms with van der Waals surface area (Å²) < 4.78 is 0.530. The second kappa shape index (κ2) is 7.22. The summed E-state index contributed by atoms with van der Waals surface area (Å²) in [5, 5.41) is 8.86. The summed E-state index contributed by atoms with van der Waals surface area (Å²) in [6, 6.07) is 17.1. The van der Waals surface area contributed by atoms with E-state index in [1.54, 1.807) is 17.0 Å². The molecule has 3 rings (SSSR count). The van der Waals surface area contributed by atoms with Crippen molar-refractivity contribution in [1.29, 1.82) is 5.26 Å². The van der Waals surface area contributed by atoms with Crippen molar-refractivity contribution in [3.8, 4) is 6.07 Å². The minimum Gasteiger partial charge on any atom is -0.268 e. The third-order valence-electron chi connectivity index (χ3n) is 3.95. The molecule has 0 spiro atoms. The first-order chi connectivity index (χ1) is 12.0. The molecule has 0 unspecified atom stereocenters. The van der Waals surface area contributed by atoms with Crippen LogP contribution in [-0.2, 0) is 4.79 Å². The van der Waals surface area contributed by atoms with E-state index in [9.17, 15) is 4.79 Å². The average Bonchev–Trinajstić information content (AvgIpc) is 2.89. The average molecular weight is 364 g/mol. The zero-order valence-corrected chi connectivity index (χ0v) is 15.5. The van der Waals surface area contributed by atoms with Crippen LogP contribution < -0.4 is 4.90 Å². The Morgan fingerprint density at radius 2 is 1.76 bits per heavy atom. The highest BCUT2D eigenvalue weighted by atomic mass is 32.2. The van der Waals surface area contributed by atoms with Gasteiger partial charge in [-0.15, -0.1) is 0 Å². The number of carbonyl (C=O) groups is 1. The molecule has 0 radical (unpaired) electrons. The minimum absolute atomic E-state index is 0.114. The smallest absolute Gasteiger partial charge is 0.268 e. The Bertz CT molecular complexity index is 891. The van der Waals surface area contributed by atoms with Crippen molar-refractivity contribution >= 4 is 46.0 Å². The number of hydrogen-bond donors (Lipinski definition) is 0. The highest BCUT2D eigenvalue weighted by molar-refractivity contribution is 8.27. The third kappa shape index (κ3) is 3.65. The topological polar surface area (TPSA) is 44.1 Å². The molecule has 0 bridgehead atoms. The van der Waals surface area contributed by atoms with Crippen molar-refractivity contribution in [2.45, 2.75) is 19.8 Å². The Morgan fingerprint density at radius 1 is 1.12 bits per heavy atom. The largest absolute Gasteiger partial charge is 0.270 e. The van der Waals surface area contributed by atoms with Crippen molar-refractivity contribution in [3.63, 3.8) is 0 Å². The first-order valence-corrected chi connectivity index (χ1v) is 9.10. The van der Waals surface area contributed by atoms with E-state index in [1.165, 1.54) is 17.3 Å². The van der Waals surface area contributed by atoms with E-state index in [1.807, 2.05) is 42.5 Å². The molecule has 0 aromatic heterocycles. The van der Waals surface area contributed by atoms with Crippen LogP contribution in [0.25, 0.3) is 6.08 Å². The van der Waals surface area contributed by atoms with E-state index in [2.05, 4.69) is 19.9 Å². The third-order valence-corrected chi connectivity index (χ3v) is 5.25. The Kier molecular flexibility index (Phi) is 5.03. The Balaban J connectivity index is 1.86. The van der Waals surface area contributed by atoms with E-state index >= 15 is 0 Å². The number of nitriles is 1. The Labute approximate surface area is 157 Å². The van der Waals surface area contributed by atoms with E-state index < -0.39 is 0 Å². The fourth-order valence-electron chi connectivity index (χ4n) is 2.50. The summed E-state index contributed by atoms with van der Waals surface area (Å²) in [5.41, 5.74) is 3.47. The molecule has 1 heterocycles. The SMILES string of the molecule is CC(C)c1ccc(N2C(=O)C(=Cc3ccc(C#N)cc3)SC2=S)cc1. The predicted octanol–water partition coefficient (Wildman–Crippen LogP) is 5.09. The number of benzene rings is 2. The maximum atomic E-state index is 12.8. The molecule has 3 nitrogen and oxygen atoms in total. The molecule has 0 N–H and O–H groups in total. The molecule has 2 aromatic rings. The molecule has 2 aromatic carbocycles. The number of thioether (sulfide) groups is 1. The second-order valence-electron chi connectivity index (χ2n) is 6.00. The van der Waals surface area contributed by atoms with Crippen molar-refractivity contribution in [3.05, 3.63) is 70.1 Å². The molecular weight excluding hydrogens is 348 g/mol. The number of amides is 1. The standard InChI is InChI=1S/C20H16N2OS2/c1-13(2)16-7-9-17(10-8-16)22-19(23)18(25-20(22)24)11-14-3-5-15(12-21)6-4-14/h3-11,13H,1-2H3. The van der Waals surface area contributed by atoms with Gasteiger partial charge in [-0.05, 0) is 47.4 Å². The Hall–Kier alpha value is -2.42. The lowest BCUT2D eigenvalue weighted by atomic mass is 10.0. The second-order valence-corrected chi connectivity index (χ2v) is 7.67. The minimum atomic E-state index is -0.114. The number of anilines is 1. The highest BCUT2D eigenvalue weighted by Gasteiger charge is 2.33. The summed E-state index contributed by atoms with van der Waals surface area (Å²) in [7, 11) is 0. The number of nitrogens with zero attached hydrogens (tertiary/aromatic N) is 2. The normalized spacial score (nSPS) is 15.9. The van der Waals surface area contributed by atoms with Gasteiger partial charge in [0.05, 0.1) is 22.2 Å². The molecule has 124 valence electrons. The Morgan fingerprint density at radius 3 is 2.32 bits per heavy atom. The van der Waals surface area contributed by atoms with Gasteiger partial charge in [0.1, 0.15) is 0 Å². The van der Waals surface area contributed by atoms with Gasteiger partial charge in [-0.25, -0.2) is 0 Å². The van der Waals surface area contributed by atoms with Crippen molar-refractivity contribution in [2.24, 2.45) is 0 Å². The molecule has 1 fully saturated rings. The van der Waals surface area contributed by atoms with Gasteiger partial charge in [-0.2, -0.15) is 5.26 Å². The fourth-order valence-corrected chi connectivity index (χ4v) is 3.80. The van der Waals surface area contributed by atoms with Crippen LogP contribution in [0.5, 0.6) is 0 Å². The number of rotatable bonds is 3. The van der Waals surface area contributed by atoms with Gasteiger partial charge >= 0.3 is 0 Å². The molecule has 0 saturated carbocycles. The number of thiocarbonyl (C=S) groups is 1. The lowest BCUT2D eigenvalue weighted by Gasteiger charge is -2.15. The molecule has 1 amide bonds. The summed E-state index contributed by atoms with van der Waals surface area (Å²) in [6.07, 6.45) is 1.81. The molecule has 1 aliphatic heterocycles. The van der Waals surface area contributed by atoms with E-state index in [4.69, 9.17) is 17.5 Å². The molecule has 0 atom stereocenters. The summed E-state index contributed by atoms with van der Waals surface area (Å²) in [4.78, 5) is 14.9. The predicted molar refractivity (Wildman–Crippen MR) is 107 cm³/mol. The van der Waals surface area contributed by atoms with Crippen molar-refractivity contribution < 1.29 is 4.79 Å².